The molecular formula is C19H23N5O2. The van der Waals surface area contributed by atoms with Gasteiger partial charge < -0.3 is 10.6 Å². The lowest BCUT2D eigenvalue weighted by molar-refractivity contribution is -0.124. The molecule has 4 N–H and O–H groups in total. The van der Waals surface area contributed by atoms with Crippen LogP contribution in [0.2, 0.25) is 0 Å². The summed E-state index contributed by atoms with van der Waals surface area (Å²) in [5.74, 6) is 0.0904. The Bertz CT molecular complexity index is 766. The van der Waals surface area contributed by atoms with E-state index in [0.717, 1.165) is 25.9 Å². The zero-order valence-corrected chi connectivity index (χ0v) is 14.7. The maximum absolute atomic E-state index is 11.0. The minimum Gasteiger partial charge on any atom is -0.362 e. The SMILES string of the molecule is Cc1ccc(C[C@@]2(Nc3cnc(/C=C/C(=O)NO)cn3)CCNC2)cc1. The standard InChI is InChI=1S/C19H23N5O2/c1-14-2-4-15(5-3-14)10-19(8-9-20-13-19)23-17-12-21-16(11-22-17)6-7-18(25)24-26/h2-7,11-12,20,26H,8-10,13H2,1H3,(H,22,23)(H,24,25)/b7-6+/t19-/m0/s1. The van der Waals surface area contributed by atoms with Crippen molar-refractivity contribution in [1.29, 1.82) is 0 Å². The van der Waals surface area contributed by atoms with Gasteiger partial charge in [0.1, 0.15) is 5.82 Å². The summed E-state index contributed by atoms with van der Waals surface area (Å²) in [6.45, 7) is 3.91. The van der Waals surface area contributed by atoms with Gasteiger partial charge in [-0.05, 0) is 37.9 Å². The monoisotopic (exact) mass is 353 g/mol. The molecule has 26 heavy (non-hydrogen) atoms. The summed E-state index contributed by atoms with van der Waals surface area (Å²) in [6, 6.07) is 8.61. The summed E-state index contributed by atoms with van der Waals surface area (Å²) in [7, 11) is 0. The molecule has 3 rings (SSSR count). The molecule has 7 nitrogen and oxygen atoms in total. The number of carbonyl (C=O) groups excluding carboxylic acids is 1. The van der Waals surface area contributed by atoms with Gasteiger partial charge in [0.15, 0.2) is 0 Å². The summed E-state index contributed by atoms with van der Waals surface area (Å²) in [5.41, 5.74) is 4.51. The minimum absolute atomic E-state index is 0.0991. The third-order valence-corrected chi connectivity index (χ3v) is 4.49. The zero-order valence-electron chi connectivity index (χ0n) is 14.7. The number of aryl methyl sites for hydroxylation is 1. The van der Waals surface area contributed by atoms with E-state index < -0.39 is 5.91 Å². The minimum atomic E-state index is -0.608. The van der Waals surface area contributed by atoms with E-state index in [1.807, 2.05) is 0 Å². The molecule has 1 aromatic heterocycles. The van der Waals surface area contributed by atoms with Crippen LogP contribution in [0.15, 0.2) is 42.7 Å². The fourth-order valence-electron chi connectivity index (χ4n) is 3.10. The first-order valence-electron chi connectivity index (χ1n) is 8.57. The highest BCUT2D eigenvalue weighted by molar-refractivity contribution is 5.90. The second-order valence-corrected chi connectivity index (χ2v) is 6.63. The van der Waals surface area contributed by atoms with Crippen LogP contribution >= 0.6 is 0 Å². The second-order valence-electron chi connectivity index (χ2n) is 6.63. The van der Waals surface area contributed by atoms with Crippen molar-refractivity contribution < 1.29 is 10.0 Å². The first-order chi connectivity index (χ1) is 12.6. The molecule has 0 spiro atoms. The van der Waals surface area contributed by atoms with Crippen molar-refractivity contribution in [3.8, 4) is 0 Å². The van der Waals surface area contributed by atoms with Gasteiger partial charge in [-0.15, -0.1) is 0 Å². The quantitative estimate of drug-likeness (QED) is 0.358. The molecule has 1 fully saturated rings. The van der Waals surface area contributed by atoms with Crippen molar-refractivity contribution in [3.05, 3.63) is 59.6 Å². The predicted octanol–water partition coefficient (Wildman–Crippen LogP) is 1.69. The lowest BCUT2D eigenvalue weighted by atomic mass is 9.89. The molecule has 0 aliphatic carbocycles. The topological polar surface area (TPSA) is 99.2 Å². The van der Waals surface area contributed by atoms with Gasteiger partial charge >= 0.3 is 0 Å². The van der Waals surface area contributed by atoms with E-state index in [-0.39, 0.29) is 5.54 Å². The summed E-state index contributed by atoms with van der Waals surface area (Å²) in [5, 5.41) is 15.4. The number of anilines is 1. The maximum atomic E-state index is 11.0. The Morgan fingerprint density at radius 2 is 2.12 bits per heavy atom. The van der Waals surface area contributed by atoms with Crippen LogP contribution < -0.4 is 16.1 Å². The van der Waals surface area contributed by atoms with Crippen LogP contribution in [0.5, 0.6) is 0 Å². The molecule has 1 aromatic carbocycles. The van der Waals surface area contributed by atoms with Gasteiger partial charge in [-0.2, -0.15) is 0 Å². The highest BCUT2D eigenvalue weighted by Gasteiger charge is 2.34. The van der Waals surface area contributed by atoms with Crippen LogP contribution in [-0.2, 0) is 11.2 Å². The molecule has 7 heteroatoms. The smallest absolute Gasteiger partial charge is 0.267 e. The zero-order chi connectivity index (χ0) is 18.4. The van der Waals surface area contributed by atoms with E-state index in [1.165, 1.54) is 28.8 Å². The maximum Gasteiger partial charge on any atom is 0.267 e. The van der Waals surface area contributed by atoms with E-state index in [9.17, 15) is 4.79 Å². The molecule has 0 bridgehead atoms. The molecule has 0 saturated carbocycles. The highest BCUT2D eigenvalue weighted by Crippen LogP contribution is 2.25. The molecule has 2 heterocycles. The molecule has 136 valence electrons. The van der Waals surface area contributed by atoms with Gasteiger partial charge in [-0.1, -0.05) is 29.8 Å². The van der Waals surface area contributed by atoms with Crippen molar-refractivity contribution >= 4 is 17.8 Å². The van der Waals surface area contributed by atoms with E-state index in [2.05, 4.69) is 51.8 Å². The summed E-state index contributed by atoms with van der Waals surface area (Å²) < 4.78 is 0. The Hall–Kier alpha value is -2.77. The highest BCUT2D eigenvalue weighted by atomic mass is 16.5. The van der Waals surface area contributed by atoms with Crippen LogP contribution in [0, 0.1) is 6.92 Å². The lowest BCUT2D eigenvalue weighted by Crippen LogP contribution is -2.43. The number of rotatable bonds is 6. The van der Waals surface area contributed by atoms with Gasteiger partial charge in [0, 0.05) is 12.6 Å². The van der Waals surface area contributed by atoms with Crippen LogP contribution in [0.4, 0.5) is 5.82 Å². The van der Waals surface area contributed by atoms with Crippen molar-refractivity contribution in [1.82, 2.24) is 20.8 Å². The van der Waals surface area contributed by atoms with E-state index in [1.54, 1.807) is 12.4 Å². The van der Waals surface area contributed by atoms with Crippen molar-refractivity contribution in [3.63, 3.8) is 0 Å². The predicted molar refractivity (Wildman–Crippen MR) is 99.7 cm³/mol. The Morgan fingerprint density at radius 3 is 2.73 bits per heavy atom. The number of benzene rings is 1. The Balaban J connectivity index is 1.70. The summed E-state index contributed by atoms with van der Waals surface area (Å²) in [4.78, 5) is 19.7. The number of nitrogens with one attached hydrogen (secondary N) is 3. The van der Waals surface area contributed by atoms with Crippen molar-refractivity contribution in [2.45, 2.75) is 25.3 Å². The van der Waals surface area contributed by atoms with Crippen molar-refractivity contribution in [2.24, 2.45) is 0 Å². The fourth-order valence-corrected chi connectivity index (χ4v) is 3.10. The molecular weight excluding hydrogens is 330 g/mol. The molecule has 2 aromatic rings. The molecule has 0 radical (unpaired) electrons. The number of nitrogens with zero attached hydrogens (tertiary/aromatic N) is 2. The Morgan fingerprint density at radius 1 is 1.31 bits per heavy atom. The Kier molecular flexibility index (Phi) is 5.60. The van der Waals surface area contributed by atoms with E-state index in [4.69, 9.17) is 5.21 Å². The molecule has 0 unspecified atom stereocenters. The van der Waals surface area contributed by atoms with Gasteiger partial charge in [-0.3, -0.25) is 15.0 Å². The number of amides is 1. The van der Waals surface area contributed by atoms with Gasteiger partial charge in [-0.25, -0.2) is 10.5 Å². The number of hydrogen-bond acceptors (Lipinski definition) is 6. The third kappa shape index (κ3) is 4.65. The van der Waals surface area contributed by atoms with Crippen molar-refractivity contribution in [2.75, 3.05) is 18.4 Å². The van der Waals surface area contributed by atoms with Crippen LogP contribution in [0.25, 0.3) is 6.08 Å². The number of hydroxylamine groups is 1. The number of aromatic nitrogens is 2. The van der Waals surface area contributed by atoms with Crippen LogP contribution in [0.1, 0.15) is 23.2 Å². The molecule has 1 aliphatic heterocycles. The molecule has 1 amide bonds. The Labute approximate surface area is 152 Å². The third-order valence-electron chi connectivity index (χ3n) is 4.49. The lowest BCUT2D eigenvalue weighted by Gasteiger charge is -2.30. The second kappa shape index (κ2) is 8.07. The van der Waals surface area contributed by atoms with Crippen LogP contribution in [0.3, 0.4) is 0 Å². The van der Waals surface area contributed by atoms with E-state index in [0.29, 0.717) is 11.5 Å². The average molecular weight is 353 g/mol. The molecule has 1 aliphatic rings. The molecule has 1 saturated heterocycles. The number of carbonyl (C=O) groups is 1. The summed E-state index contributed by atoms with van der Waals surface area (Å²) >= 11 is 0. The fraction of sp³-hybridized carbons (Fsp3) is 0.316. The summed E-state index contributed by atoms with van der Waals surface area (Å²) in [6.07, 6.45) is 7.83. The first kappa shape index (κ1) is 18.0. The van der Waals surface area contributed by atoms with Gasteiger partial charge in [0.25, 0.3) is 5.91 Å². The first-order valence-corrected chi connectivity index (χ1v) is 8.57. The normalized spacial score (nSPS) is 19.6. The molecule has 1 atom stereocenters. The average Bonchev–Trinajstić information content (AvgIpc) is 3.11. The largest absolute Gasteiger partial charge is 0.362 e. The van der Waals surface area contributed by atoms with Gasteiger partial charge in [0.05, 0.1) is 23.6 Å². The van der Waals surface area contributed by atoms with Crippen LogP contribution in [-0.4, -0.2) is 39.7 Å². The van der Waals surface area contributed by atoms with Gasteiger partial charge in [0.2, 0.25) is 0 Å². The van der Waals surface area contributed by atoms with E-state index >= 15 is 0 Å². The number of hydrogen-bond donors (Lipinski definition) is 4.